The van der Waals surface area contributed by atoms with E-state index in [1.54, 1.807) is 0 Å². The van der Waals surface area contributed by atoms with Gasteiger partial charge in [-0.2, -0.15) is 0 Å². The van der Waals surface area contributed by atoms with E-state index in [1.165, 1.54) is 23.9 Å². The first-order valence-electron chi connectivity index (χ1n) is 8.55. The van der Waals surface area contributed by atoms with E-state index in [-0.39, 0.29) is 17.6 Å². The summed E-state index contributed by atoms with van der Waals surface area (Å²) in [5.74, 6) is -0.207. The number of amides is 1. The van der Waals surface area contributed by atoms with Gasteiger partial charge < -0.3 is 15.0 Å². The standard InChI is InChI=1S/C19H23N3O3/c23-18-7-6-16(12-20-18)19(24)21-13-17-14-22(10-11-25-17)9-8-15-4-2-1-3-5-15/h1-7,12,17H,8-11,13-14H2,(H,20,23)(H,21,24). The fraction of sp³-hybridized carbons (Fsp3) is 0.368. The van der Waals surface area contributed by atoms with Gasteiger partial charge in [-0.1, -0.05) is 30.3 Å². The lowest BCUT2D eigenvalue weighted by Crippen LogP contribution is -2.48. The first kappa shape index (κ1) is 17.4. The fourth-order valence-corrected chi connectivity index (χ4v) is 2.90. The molecule has 2 aromatic rings. The molecule has 0 aliphatic carbocycles. The maximum atomic E-state index is 12.1. The summed E-state index contributed by atoms with van der Waals surface area (Å²) in [7, 11) is 0. The van der Waals surface area contributed by atoms with Crippen molar-refractivity contribution >= 4 is 5.91 Å². The number of rotatable bonds is 6. The molecule has 25 heavy (non-hydrogen) atoms. The van der Waals surface area contributed by atoms with Crippen molar-refractivity contribution in [2.75, 3.05) is 32.8 Å². The number of hydrogen-bond donors (Lipinski definition) is 2. The van der Waals surface area contributed by atoms with Crippen LogP contribution in [0.2, 0.25) is 0 Å². The first-order valence-corrected chi connectivity index (χ1v) is 8.55. The highest BCUT2D eigenvalue weighted by molar-refractivity contribution is 5.93. The third kappa shape index (κ3) is 5.27. The van der Waals surface area contributed by atoms with Gasteiger partial charge in [0.05, 0.1) is 18.3 Å². The van der Waals surface area contributed by atoms with Crippen LogP contribution in [-0.2, 0) is 11.2 Å². The van der Waals surface area contributed by atoms with Crippen LogP contribution in [0.5, 0.6) is 0 Å². The number of pyridine rings is 1. The monoisotopic (exact) mass is 341 g/mol. The summed E-state index contributed by atoms with van der Waals surface area (Å²) < 4.78 is 5.75. The van der Waals surface area contributed by atoms with E-state index < -0.39 is 0 Å². The van der Waals surface area contributed by atoms with Crippen LogP contribution in [-0.4, -0.2) is 54.7 Å². The molecular weight excluding hydrogens is 318 g/mol. The fourth-order valence-electron chi connectivity index (χ4n) is 2.90. The molecular formula is C19H23N3O3. The van der Waals surface area contributed by atoms with E-state index in [0.29, 0.717) is 18.7 Å². The van der Waals surface area contributed by atoms with Crippen LogP contribution in [0.3, 0.4) is 0 Å². The second kappa shape index (κ2) is 8.60. The van der Waals surface area contributed by atoms with Gasteiger partial charge in [0.1, 0.15) is 0 Å². The van der Waals surface area contributed by atoms with Crippen LogP contribution in [0.1, 0.15) is 15.9 Å². The lowest BCUT2D eigenvalue weighted by Gasteiger charge is -2.33. The summed E-state index contributed by atoms with van der Waals surface area (Å²) >= 11 is 0. The Labute approximate surface area is 146 Å². The van der Waals surface area contributed by atoms with Gasteiger partial charge in [0.2, 0.25) is 5.56 Å². The van der Waals surface area contributed by atoms with Crippen molar-refractivity contribution in [3.8, 4) is 0 Å². The molecule has 1 amide bonds. The zero-order valence-corrected chi connectivity index (χ0v) is 14.1. The summed E-state index contributed by atoms with van der Waals surface area (Å²) in [5, 5.41) is 2.87. The van der Waals surface area contributed by atoms with Crippen molar-refractivity contribution in [1.82, 2.24) is 15.2 Å². The van der Waals surface area contributed by atoms with Crippen molar-refractivity contribution in [3.63, 3.8) is 0 Å². The summed E-state index contributed by atoms with van der Waals surface area (Å²) in [6.07, 6.45) is 2.42. The Morgan fingerprint density at radius 1 is 1.24 bits per heavy atom. The average molecular weight is 341 g/mol. The Hall–Kier alpha value is -2.44. The summed E-state index contributed by atoms with van der Waals surface area (Å²) in [6, 6.07) is 13.3. The number of carbonyl (C=O) groups is 1. The van der Waals surface area contributed by atoms with Crippen LogP contribution in [0.25, 0.3) is 0 Å². The molecule has 0 radical (unpaired) electrons. The highest BCUT2D eigenvalue weighted by Crippen LogP contribution is 2.07. The largest absolute Gasteiger partial charge is 0.374 e. The molecule has 0 spiro atoms. The molecule has 0 saturated carbocycles. The van der Waals surface area contributed by atoms with E-state index in [2.05, 4.69) is 39.5 Å². The Balaban J connectivity index is 1.44. The summed E-state index contributed by atoms with van der Waals surface area (Å²) in [5.41, 5.74) is 1.55. The zero-order valence-electron chi connectivity index (χ0n) is 14.1. The molecule has 1 aliphatic rings. The van der Waals surface area contributed by atoms with Gasteiger partial charge in [0, 0.05) is 38.4 Å². The minimum Gasteiger partial charge on any atom is -0.374 e. The number of benzene rings is 1. The highest BCUT2D eigenvalue weighted by Gasteiger charge is 2.21. The molecule has 1 saturated heterocycles. The van der Waals surface area contributed by atoms with Crippen LogP contribution in [0.15, 0.2) is 53.5 Å². The number of H-pyrrole nitrogens is 1. The van der Waals surface area contributed by atoms with Gasteiger partial charge in [-0.25, -0.2) is 0 Å². The van der Waals surface area contributed by atoms with Crippen LogP contribution in [0.4, 0.5) is 0 Å². The van der Waals surface area contributed by atoms with Crippen molar-refractivity contribution < 1.29 is 9.53 Å². The van der Waals surface area contributed by atoms with Crippen molar-refractivity contribution in [1.29, 1.82) is 0 Å². The molecule has 132 valence electrons. The first-order chi connectivity index (χ1) is 12.2. The number of nitrogens with one attached hydrogen (secondary N) is 2. The van der Waals surface area contributed by atoms with Gasteiger partial charge in [-0.05, 0) is 18.1 Å². The minimum absolute atomic E-state index is 0.0174. The van der Waals surface area contributed by atoms with Crippen molar-refractivity contribution in [3.05, 3.63) is 70.1 Å². The Morgan fingerprint density at radius 2 is 2.08 bits per heavy atom. The molecule has 1 aliphatic heterocycles. The maximum absolute atomic E-state index is 12.1. The molecule has 2 heterocycles. The minimum atomic E-state index is -0.221. The SMILES string of the molecule is O=C(NCC1CN(CCc2ccccc2)CCO1)c1ccc(=O)[nH]c1. The zero-order chi connectivity index (χ0) is 17.5. The number of nitrogens with zero attached hydrogens (tertiary/aromatic N) is 1. The smallest absolute Gasteiger partial charge is 0.252 e. The molecule has 1 aromatic heterocycles. The number of aromatic amines is 1. The lowest BCUT2D eigenvalue weighted by atomic mass is 10.1. The van der Waals surface area contributed by atoms with Gasteiger partial charge in [-0.3, -0.25) is 14.5 Å². The van der Waals surface area contributed by atoms with Crippen LogP contribution >= 0.6 is 0 Å². The van der Waals surface area contributed by atoms with E-state index >= 15 is 0 Å². The second-order valence-electron chi connectivity index (χ2n) is 6.18. The summed E-state index contributed by atoms with van der Waals surface area (Å²) in [4.78, 5) is 28.0. The number of aromatic nitrogens is 1. The number of ether oxygens (including phenoxy) is 1. The molecule has 6 nitrogen and oxygen atoms in total. The van der Waals surface area contributed by atoms with Gasteiger partial charge in [0.15, 0.2) is 0 Å². The van der Waals surface area contributed by atoms with Crippen molar-refractivity contribution in [2.45, 2.75) is 12.5 Å². The Bertz CT molecular complexity index is 725. The molecule has 6 heteroatoms. The lowest BCUT2D eigenvalue weighted by molar-refractivity contribution is -0.0259. The third-order valence-corrected chi connectivity index (χ3v) is 4.32. The van der Waals surface area contributed by atoms with E-state index in [0.717, 1.165) is 26.1 Å². The van der Waals surface area contributed by atoms with E-state index in [1.807, 2.05) is 6.07 Å². The van der Waals surface area contributed by atoms with Gasteiger partial charge in [-0.15, -0.1) is 0 Å². The summed E-state index contributed by atoms with van der Waals surface area (Å²) in [6.45, 7) is 3.83. The maximum Gasteiger partial charge on any atom is 0.252 e. The average Bonchev–Trinajstić information content (AvgIpc) is 2.66. The van der Waals surface area contributed by atoms with Crippen molar-refractivity contribution in [2.24, 2.45) is 0 Å². The van der Waals surface area contributed by atoms with Crippen LogP contribution < -0.4 is 10.9 Å². The predicted molar refractivity (Wildman–Crippen MR) is 95.7 cm³/mol. The molecule has 1 atom stereocenters. The number of hydrogen-bond acceptors (Lipinski definition) is 4. The molecule has 1 aromatic carbocycles. The topological polar surface area (TPSA) is 74.4 Å². The Kier molecular flexibility index (Phi) is 5.98. The molecule has 2 N–H and O–H groups in total. The Morgan fingerprint density at radius 3 is 2.84 bits per heavy atom. The van der Waals surface area contributed by atoms with E-state index in [4.69, 9.17) is 4.74 Å². The third-order valence-electron chi connectivity index (χ3n) is 4.32. The molecule has 3 rings (SSSR count). The van der Waals surface area contributed by atoms with Gasteiger partial charge in [0.25, 0.3) is 5.91 Å². The molecule has 1 unspecified atom stereocenters. The number of carbonyl (C=O) groups excluding carboxylic acids is 1. The molecule has 1 fully saturated rings. The molecule has 0 bridgehead atoms. The predicted octanol–water partition coefficient (Wildman–Crippen LogP) is 1.05. The number of morpholine rings is 1. The second-order valence-corrected chi connectivity index (χ2v) is 6.18. The van der Waals surface area contributed by atoms with Crippen LogP contribution in [0, 0.1) is 0 Å². The van der Waals surface area contributed by atoms with E-state index in [9.17, 15) is 9.59 Å². The quantitative estimate of drug-likeness (QED) is 0.824. The highest BCUT2D eigenvalue weighted by atomic mass is 16.5. The van der Waals surface area contributed by atoms with Gasteiger partial charge >= 0.3 is 0 Å². The normalized spacial score (nSPS) is 18.0.